The first-order chi connectivity index (χ1) is 9.97. The fraction of sp³-hybridized carbons (Fsp3) is 0.286. The van der Waals surface area contributed by atoms with E-state index in [9.17, 15) is 13.2 Å². The molecule has 0 saturated carbocycles. The highest BCUT2D eigenvalue weighted by Gasteiger charge is 2.33. The van der Waals surface area contributed by atoms with Crippen LogP contribution in [-0.2, 0) is 6.18 Å². The number of alkyl halides is 3. The maximum atomic E-state index is 12.8. The van der Waals surface area contributed by atoms with Crippen LogP contribution >= 0.6 is 0 Å². The molecule has 0 fully saturated rings. The molecular weight excluding hydrogens is 281 g/mol. The van der Waals surface area contributed by atoms with Gasteiger partial charge in [-0.25, -0.2) is 9.97 Å². The van der Waals surface area contributed by atoms with E-state index in [2.05, 4.69) is 20.6 Å². The van der Waals surface area contributed by atoms with E-state index in [0.717, 1.165) is 11.8 Å². The summed E-state index contributed by atoms with van der Waals surface area (Å²) in [6.07, 6.45) is -3.09. The van der Waals surface area contributed by atoms with Crippen molar-refractivity contribution in [2.75, 3.05) is 23.7 Å². The summed E-state index contributed by atoms with van der Waals surface area (Å²) in [4.78, 5) is 7.97. The molecule has 0 saturated heterocycles. The fourth-order valence-corrected chi connectivity index (χ4v) is 1.79. The minimum Gasteiger partial charge on any atom is -0.368 e. The van der Waals surface area contributed by atoms with Crippen molar-refractivity contribution in [3.63, 3.8) is 0 Å². The summed E-state index contributed by atoms with van der Waals surface area (Å²) in [5.74, 6) is 0.526. The molecular formula is C14H15F3N4. The molecule has 0 radical (unpaired) electrons. The average molecular weight is 296 g/mol. The van der Waals surface area contributed by atoms with Gasteiger partial charge in [0.15, 0.2) is 0 Å². The first-order valence-electron chi connectivity index (χ1n) is 6.40. The molecule has 2 rings (SSSR count). The molecule has 0 aliphatic rings. The maximum Gasteiger partial charge on any atom is 0.419 e. The van der Waals surface area contributed by atoms with Gasteiger partial charge in [0.2, 0.25) is 0 Å². The summed E-state index contributed by atoms with van der Waals surface area (Å²) in [7, 11) is 0. The molecule has 4 nitrogen and oxygen atoms in total. The zero-order valence-electron chi connectivity index (χ0n) is 11.4. The van der Waals surface area contributed by atoms with Gasteiger partial charge in [0.05, 0.1) is 5.56 Å². The Hall–Kier alpha value is -2.31. The quantitative estimate of drug-likeness (QED) is 0.831. The first kappa shape index (κ1) is 15.1. The number of halogens is 3. The topological polar surface area (TPSA) is 49.8 Å². The molecule has 2 aromatic heterocycles. The lowest BCUT2D eigenvalue weighted by Gasteiger charge is -2.13. The third kappa shape index (κ3) is 4.34. The van der Waals surface area contributed by atoms with Crippen molar-refractivity contribution in [1.29, 1.82) is 0 Å². The molecule has 0 atom stereocenters. The number of anilines is 2. The summed E-state index contributed by atoms with van der Waals surface area (Å²) in [5.41, 5.74) is 0.107. The van der Waals surface area contributed by atoms with Crippen molar-refractivity contribution in [3.8, 4) is 0 Å². The number of rotatable bonds is 5. The van der Waals surface area contributed by atoms with Gasteiger partial charge in [-0.05, 0) is 31.2 Å². The van der Waals surface area contributed by atoms with E-state index in [4.69, 9.17) is 0 Å². The van der Waals surface area contributed by atoms with Gasteiger partial charge in [-0.15, -0.1) is 0 Å². The Kier molecular flexibility index (Phi) is 4.62. The average Bonchev–Trinajstić information content (AvgIpc) is 2.43. The van der Waals surface area contributed by atoms with E-state index in [1.807, 2.05) is 19.1 Å². The van der Waals surface area contributed by atoms with Crippen LogP contribution in [0.25, 0.3) is 0 Å². The van der Waals surface area contributed by atoms with Crippen molar-refractivity contribution in [2.24, 2.45) is 0 Å². The van der Waals surface area contributed by atoms with Crippen molar-refractivity contribution >= 4 is 11.6 Å². The number of nitrogens with one attached hydrogen (secondary N) is 2. The van der Waals surface area contributed by atoms with Crippen molar-refractivity contribution < 1.29 is 13.2 Å². The van der Waals surface area contributed by atoms with Crippen molar-refractivity contribution in [3.05, 3.63) is 47.8 Å². The molecule has 0 aliphatic heterocycles. The highest BCUT2D eigenvalue weighted by atomic mass is 19.4. The Balaban J connectivity index is 1.90. The molecule has 0 spiro atoms. The second kappa shape index (κ2) is 6.43. The molecule has 0 unspecified atom stereocenters. The van der Waals surface area contributed by atoms with E-state index >= 15 is 0 Å². The van der Waals surface area contributed by atoms with Crippen LogP contribution in [0.4, 0.5) is 24.8 Å². The molecule has 2 aromatic rings. The number of hydrogen-bond donors (Lipinski definition) is 2. The molecule has 2 N–H and O–H groups in total. The molecule has 2 heterocycles. The van der Waals surface area contributed by atoms with Crippen LogP contribution < -0.4 is 10.6 Å². The lowest BCUT2D eigenvalue weighted by atomic mass is 10.2. The Morgan fingerprint density at radius 2 is 1.81 bits per heavy atom. The lowest BCUT2D eigenvalue weighted by Crippen LogP contribution is -2.18. The zero-order chi connectivity index (χ0) is 15.3. The molecule has 0 amide bonds. The van der Waals surface area contributed by atoms with Crippen LogP contribution in [0.2, 0.25) is 0 Å². The molecule has 21 heavy (non-hydrogen) atoms. The lowest BCUT2D eigenvalue weighted by molar-refractivity contribution is -0.137. The standard InChI is InChI=1S/C14H15F3N4/c1-10-4-2-6-12(21-10)18-8-9-20-13-11(14(15,16)17)5-3-7-19-13/h2-7H,8-9H2,1H3,(H,18,21)(H,19,20). The Morgan fingerprint density at radius 1 is 1.05 bits per heavy atom. The third-order valence-electron chi connectivity index (χ3n) is 2.73. The summed E-state index contributed by atoms with van der Waals surface area (Å²) in [6.45, 7) is 2.60. The van der Waals surface area contributed by atoms with Gasteiger partial charge in [-0.1, -0.05) is 6.07 Å². The minimum absolute atomic E-state index is 0.163. The molecule has 0 aromatic carbocycles. The predicted molar refractivity (Wildman–Crippen MR) is 75.2 cm³/mol. The van der Waals surface area contributed by atoms with Crippen molar-refractivity contribution in [2.45, 2.75) is 13.1 Å². The van der Waals surface area contributed by atoms with Gasteiger partial charge < -0.3 is 10.6 Å². The van der Waals surface area contributed by atoms with Gasteiger partial charge in [0, 0.05) is 25.0 Å². The van der Waals surface area contributed by atoms with Crippen LogP contribution in [0.15, 0.2) is 36.5 Å². The van der Waals surface area contributed by atoms with Gasteiger partial charge in [-0.2, -0.15) is 13.2 Å². The second-order valence-electron chi connectivity index (χ2n) is 4.42. The largest absolute Gasteiger partial charge is 0.419 e. The van der Waals surface area contributed by atoms with Gasteiger partial charge in [0.25, 0.3) is 0 Å². The number of hydrogen-bond acceptors (Lipinski definition) is 4. The Labute approximate surface area is 120 Å². The fourth-order valence-electron chi connectivity index (χ4n) is 1.79. The molecule has 0 bridgehead atoms. The first-order valence-corrected chi connectivity index (χ1v) is 6.40. The third-order valence-corrected chi connectivity index (χ3v) is 2.73. The number of aromatic nitrogens is 2. The number of aryl methyl sites for hydroxylation is 1. The maximum absolute atomic E-state index is 12.8. The normalized spacial score (nSPS) is 11.2. The van der Waals surface area contributed by atoms with E-state index in [-0.39, 0.29) is 5.82 Å². The van der Waals surface area contributed by atoms with Crippen LogP contribution in [0.5, 0.6) is 0 Å². The minimum atomic E-state index is -4.41. The summed E-state index contributed by atoms with van der Waals surface area (Å²) in [6, 6.07) is 7.80. The highest BCUT2D eigenvalue weighted by molar-refractivity contribution is 5.45. The predicted octanol–water partition coefficient (Wildman–Crippen LogP) is 3.33. The van der Waals surface area contributed by atoms with Gasteiger partial charge in [0.1, 0.15) is 11.6 Å². The smallest absolute Gasteiger partial charge is 0.368 e. The van der Waals surface area contributed by atoms with Gasteiger partial charge in [-0.3, -0.25) is 0 Å². The van der Waals surface area contributed by atoms with E-state index < -0.39 is 11.7 Å². The van der Waals surface area contributed by atoms with Crippen LogP contribution in [0.1, 0.15) is 11.3 Å². The SMILES string of the molecule is Cc1cccc(NCCNc2ncccc2C(F)(F)F)n1. The van der Waals surface area contributed by atoms with Gasteiger partial charge >= 0.3 is 6.18 Å². The van der Waals surface area contributed by atoms with Crippen LogP contribution in [0, 0.1) is 6.92 Å². The Bertz CT molecular complexity index is 599. The molecule has 0 aliphatic carbocycles. The molecule has 112 valence electrons. The summed E-state index contributed by atoms with van der Waals surface area (Å²) in [5, 5.41) is 5.71. The highest BCUT2D eigenvalue weighted by Crippen LogP contribution is 2.33. The van der Waals surface area contributed by atoms with Crippen LogP contribution in [-0.4, -0.2) is 23.1 Å². The number of pyridine rings is 2. The number of nitrogens with zero attached hydrogens (tertiary/aromatic N) is 2. The molecule has 7 heteroatoms. The second-order valence-corrected chi connectivity index (χ2v) is 4.42. The monoisotopic (exact) mass is 296 g/mol. The summed E-state index contributed by atoms with van der Waals surface area (Å²) >= 11 is 0. The van der Waals surface area contributed by atoms with E-state index in [1.165, 1.54) is 12.3 Å². The Morgan fingerprint density at radius 3 is 2.52 bits per heavy atom. The zero-order valence-corrected chi connectivity index (χ0v) is 11.4. The van der Waals surface area contributed by atoms with Crippen LogP contribution in [0.3, 0.4) is 0 Å². The summed E-state index contributed by atoms with van der Waals surface area (Å²) < 4.78 is 38.3. The van der Waals surface area contributed by atoms with E-state index in [0.29, 0.717) is 18.9 Å². The van der Waals surface area contributed by atoms with Crippen molar-refractivity contribution in [1.82, 2.24) is 9.97 Å². The van der Waals surface area contributed by atoms with E-state index in [1.54, 1.807) is 6.07 Å².